The quantitative estimate of drug-likeness (QED) is 0.724. The van der Waals surface area contributed by atoms with Crippen molar-refractivity contribution in [2.24, 2.45) is 5.73 Å². The van der Waals surface area contributed by atoms with Gasteiger partial charge in [-0.05, 0) is 6.42 Å². The van der Waals surface area contributed by atoms with E-state index in [1.807, 2.05) is 6.92 Å². The van der Waals surface area contributed by atoms with E-state index in [4.69, 9.17) is 19.0 Å². The average Bonchev–Trinajstić information content (AvgIpc) is 2.85. The van der Waals surface area contributed by atoms with E-state index >= 15 is 0 Å². The third-order valence-electron chi connectivity index (χ3n) is 2.86. The topological polar surface area (TPSA) is 88.6 Å². The minimum absolute atomic E-state index is 0.155. The van der Waals surface area contributed by atoms with Gasteiger partial charge in [0.2, 0.25) is 0 Å². The van der Waals surface area contributed by atoms with E-state index in [1.54, 1.807) is 32.1 Å². The Morgan fingerprint density at radius 3 is 2.33 bits per heavy atom. The Kier molecular flexibility index (Phi) is 5.02. The molecule has 0 saturated heterocycles. The molecule has 1 heterocycles. The maximum atomic E-state index is 11.0. The van der Waals surface area contributed by atoms with Crippen LogP contribution >= 0.6 is 0 Å². The van der Waals surface area contributed by atoms with E-state index in [0.717, 1.165) is 6.42 Å². The Balaban J connectivity index is 3.10. The maximum Gasteiger partial charge on any atom is 0.524 e. The van der Waals surface area contributed by atoms with Gasteiger partial charge in [0.15, 0.2) is 0 Å². The van der Waals surface area contributed by atoms with Crippen LogP contribution in [0.1, 0.15) is 29.5 Å². The van der Waals surface area contributed by atoms with Crippen LogP contribution in [0.3, 0.4) is 0 Å². The van der Waals surface area contributed by atoms with Crippen molar-refractivity contribution in [2.45, 2.75) is 19.0 Å². The fourth-order valence-electron chi connectivity index (χ4n) is 1.94. The highest BCUT2D eigenvalue weighted by Crippen LogP contribution is 2.26. The fraction of sp³-hybridized carbons (Fsp3) is 0.600. The molecule has 0 saturated carbocycles. The van der Waals surface area contributed by atoms with Crippen LogP contribution in [0.5, 0.6) is 0 Å². The molecule has 0 bridgehead atoms. The lowest BCUT2D eigenvalue weighted by Crippen LogP contribution is -2.51. The van der Waals surface area contributed by atoms with Gasteiger partial charge < -0.3 is 23.6 Å². The number of imidazole rings is 1. The second kappa shape index (κ2) is 6.09. The Morgan fingerprint density at radius 2 is 2.00 bits per heavy atom. The highest BCUT2D eigenvalue weighted by molar-refractivity contribution is 6.61. The number of carbonyl (C=O) groups is 1. The molecule has 0 radical (unpaired) electrons. The lowest BCUT2D eigenvalue weighted by Gasteiger charge is -2.32. The van der Waals surface area contributed by atoms with Crippen LogP contribution in [-0.4, -0.2) is 45.6 Å². The van der Waals surface area contributed by atoms with E-state index in [9.17, 15) is 4.79 Å². The molecule has 1 aromatic rings. The van der Waals surface area contributed by atoms with Crippen LogP contribution in [0, 0.1) is 0 Å². The minimum Gasteiger partial charge on any atom is -0.376 e. The molecular weight excluding hydrogens is 254 g/mol. The SMILES string of the molecule is CCC(n1cnc(C(N)=O)c1)[Si](OC)(OC)OC. The summed E-state index contributed by atoms with van der Waals surface area (Å²) in [5.74, 6) is -0.567. The molecule has 1 amide bonds. The summed E-state index contributed by atoms with van der Waals surface area (Å²) in [6, 6.07) is 0. The molecular formula is C10H19N3O4Si. The van der Waals surface area contributed by atoms with Gasteiger partial charge in [-0.25, -0.2) is 4.98 Å². The van der Waals surface area contributed by atoms with Gasteiger partial charge in [-0.2, -0.15) is 0 Å². The smallest absolute Gasteiger partial charge is 0.376 e. The molecule has 102 valence electrons. The zero-order valence-electron chi connectivity index (χ0n) is 11.0. The molecule has 0 aliphatic carbocycles. The summed E-state index contributed by atoms with van der Waals surface area (Å²) in [6.07, 6.45) is 3.83. The number of primary amides is 1. The Hall–Kier alpha value is -1.22. The summed E-state index contributed by atoms with van der Waals surface area (Å²) in [5.41, 5.74) is 5.23. The van der Waals surface area contributed by atoms with E-state index in [0.29, 0.717) is 0 Å². The van der Waals surface area contributed by atoms with Gasteiger partial charge in [0.05, 0.1) is 6.33 Å². The summed E-state index contributed by atoms with van der Waals surface area (Å²) >= 11 is 0. The molecule has 1 rings (SSSR count). The second-order valence-electron chi connectivity index (χ2n) is 3.71. The van der Waals surface area contributed by atoms with Crippen LogP contribution in [0.15, 0.2) is 12.5 Å². The monoisotopic (exact) mass is 273 g/mol. The second-order valence-corrected chi connectivity index (χ2v) is 6.81. The van der Waals surface area contributed by atoms with Gasteiger partial charge in [0.25, 0.3) is 5.91 Å². The molecule has 0 aromatic carbocycles. The highest BCUT2D eigenvalue weighted by Gasteiger charge is 2.47. The van der Waals surface area contributed by atoms with Crippen molar-refractivity contribution in [3.63, 3.8) is 0 Å². The number of hydrogen-bond donors (Lipinski definition) is 1. The fourth-order valence-corrected chi connectivity index (χ4v) is 4.26. The first kappa shape index (κ1) is 14.8. The van der Waals surface area contributed by atoms with Crippen LogP contribution < -0.4 is 5.73 Å². The number of amides is 1. The van der Waals surface area contributed by atoms with E-state index < -0.39 is 14.7 Å². The lowest BCUT2D eigenvalue weighted by atomic mass is 10.4. The Bertz CT molecular complexity index is 397. The zero-order valence-corrected chi connectivity index (χ0v) is 12.0. The first-order valence-corrected chi connectivity index (χ1v) is 7.33. The largest absolute Gasteiger partial charge is 0.524 e. The standard InChI is InChI=1S/C10H19N3O4Si/c1-5-9(18(15-2,16-3)17-4)13-6-8(10(11)14)12-7-13/h6-7,9H,5H2,1-4H3,(H2,11,14). The molecule has 2 N–H and O–H groups in total. The van der Waals surface area contributed by atoms with Crippen molar-refractivity contribution in [3.8, 4) is 0 Å². The number of carbonyl (C=O) groups excluding carboxylic acids is 1. The van der Waals surface area contributed by atoms with Gasteiger partial charge in [-0.1, -0.05) is 6.92 Å². The van der Waals surface area contributed by atoms with Crippen LogP contribution in [0.4, 0.5) is 0 Å². The zero-order chi connectivity index (χ0) is 13.8. The van der Waals surface area contributed by atoms with Crippen molar-refractivity contribution in [2.75, 3.05) is 21.3 Å². The van der Waals surface area contributed by atoms with E-state index in [1.165, 1.54) is 6.33 Å². The van der Waals surface area contributed by atoms with Gasteiger partial charge in [-0.3, -0.25) is 4.79 Å². The first-order chi connectivity index (χ1) is 8.54. The Morgan fingerprint density at radius 1 is 1.44 bits per heavy atom. The molecule has 0 spiro atoms. The highest BCUT2D eigenvalue weighted by atomic mass is 28.4. The molecule has 18 heavy (non-hydrogen) atoms. The summed E-state index contributed by atoms with van der Waals surface area (Å²) in [5, 5.41) is 0. The predicted molar refractivity (Wildman–Crippen MR) is 66.9 cm³/mol. The molecule has 0 aliphatic heterocycles. The van der Waals surface area contributed by atoms with E-state index in [2.05, 4.69) is 4.98 Å². The van der Waals surface area contributed by atoms with Crippen LogP contribution in [0.2, 0.25) is 0 Å². The lowest BCUT2D eigenvalue weighted by molar-refractivity contribution is 0.0985. The van der Waals surface area contributed by atoms with Gasteiger partial charge in [0.1, 0.15) is 11.4 Å². The average molecular weight is 273 g/mol. The number of aromatic nitrogens is 2. The number of rotatable bonds is 7. The molecule has 1 atom stereocenters. The summed E-state index contributed by atoms with van der Waals surface area (Å²) in [6.45, 7) is 1.98. The van der Waals surface area contributed by atoms with Gasteiger partial charge in [0, 0.05) is 27.5 Å². The molecule has 1 unspecified atom stereocenters. The molecule has 8 heteroatoms. The Labute approximate surface area is 107 Å². The van der Waals surface area contributed by atoms with Crippen molar-refractivity contribution < 1.29 is 18.1 Å². The third-order valence-corrected chi connectivity index (χ3v) is 6.09. The summed E-state index contributed by atoms with van der Waals surface area (Å²) < 4.78 is 18.1. The number of nitrogens with zero attached hydrogens (tertiary/aromatic N) is 2. The molecule has 0 fully saturated rings. The van der Waals surface area contributed by atoms with Crippen LogP contribution in [0.25, 0.3) is 0 Å². The number of hydrogen-bond acceptors (Lipinski definition) is 5. The van der Waals surface area contributed by atoms with Gasteiger partial charge >= 0.3 is 8.80 Å². The summed E-state index contributed by atoms with van der Waals surface area (Å²) in [4.78, 5) is 15.0. The van der Waals surface area contributed by atoms with Crippen molar-refractivity contribution in [1.82, 2.24) is 9.55 Å². The maximum absolute atomic E-state index is 11.0. The van der Waals surface area contributed by atoms with Crippen LogP contribution in [-0.2, 0) is 13.3 Å². The van der Waals surface area contributed by atoms with Crippen molar-refractivity contribution in [1.29, 1.82) is 0 Å². The predicted octanol–water partition coefficient (Wildman–Crippen LogP) is 0.350. The minimum atomic E-state index is -2.84. The third kappa shape index (κ3) is 2.61. The van der Waals surface area contributed by atoms with E-state index in [-0.39, 0.29) is 11.4 Å². The first-order valence-electron chi connectivity index (χ1n) is 5.53. The summed E-state index contributed by atoms with van der Waals surface area (Å²) in [7, 11) is 1.81. The molecule has 1 aromatic heterocycles. The van der Waals surface area contributed by atoms with Gasteiger partial charge in [-0.15, -0.1) is 0 Å². The van der Waals surface area contributed by atoms with Crippen molar-refractivity contribution >= 4 is 14.7 Å². The molecule has 7 nitrogen and oxygen atoms in total. The molecule has 0 aliphatic rings. The van der Waals surface area contributed by atoms with Crippen molar-refractivity contribution in [3.05, 3.63) is 18.2 Å². The number of nitrogens with two attached hydrogens (primary N) is 1. The normalized spacial score (nSPS) is 13.6.